The lowest BCUT2D eigenvalue weighted by Gasteiger charge is -2.25. The van der Waals surface area contributed by atoms with Crippen LogP contribution in [0.25, 0.3) is 10.8 Å². The van der Waals surface area contributed by atoms with E-state index in [0.717, 1.165) is 5.39 Å². The van der Waals surface area contributed by atoms with E-state index in [-0.39, 0.29) is 5.56 Å². The van der Waals surface area contributed by atoms with Crippen LogP contribution in [-0.2, 0) is 5.60 Å². The first-order valence-electron chi connectivity index (χ1n) is 5.14. The van der Waals surface area contributed by atoms with Gasteiger partial charge in [0.15, 0.2) is 0 Å². The first kappa shape index (κ1) is 12.5. The molecule has 0 aliphatic rings. The standard InChI is InChI=1S/C14H9F3O/c1-2-13(18,14(15,16)17)12-8-7-10-5-3-4-6-11(10)9-12/h1,3-9,18H/t13-/m0/s1. The summed E-state index contributed by atoms with van der Waals surface area (Å²) in [4.78, 5) is 0. The zero-order valence-electron chi connectivity index (χ0n) is 9.20. The van der Waals surface area contributed by atoms with Gasteiger partial charge in [0.2, 0.25) is 5.60 Å². The summed E-state index contributed by atoms with van der Waals surface area (Å²) < 4.78 is 38.4. The largest absolute Gasteiger partial charge is 0.433 e. The van der Waals surface area contributed by atoms with Gasteiger partial charge in [-0.05, 0) is 16.8 Å². The highest BCUT2D eigenvalue weighted by Crippen LogP contribution is 2.39. The Morgan fingerprint density at radius 3 is 2.17 bits per heavy atom. The number of terminal acetylenes is 1. The maximum atomic E-state index is 12.8. The molecule has 0 saturated heterocycles. The van der Waals surface area contributed by atoms with Crippen molar-refractivity contribution < 1.29 is 18.3 Å². The molecule has 0 spiro atoms. The quantitative estimate of drug-likeness (QED) is 0.770. The third kappa shape index (κ3) is 1.83. The molecule has 92 valence electrons. The summed E-state index contributed by atoms with van der Waals surface area (Å²) in [7, 11) is 0. The highest BCUT2D eigenvalue weighted by molar-refractivity contribution is 5.83. The van der Waals surface area contributed by atoms with Crippen molar-refractivity contribution in [2.24, 2.45) is 0 Å². The number of hydrogen-bond acceptors (Lipinski definition) is 1. The third-order valence-corrected chi connectivity index (χ3v) is 2.79. The predicted molar refractivity (Wildman–Crippen MR) is 62.7 cm³/mol. The molecule has 1 nitrogen and oxygen atoms in total. The SMILES string of the molecule is C#C[C@](O)(c1ccc2ccccc2c1)C(F)(F)F. The first-order valence-corrected chi connectivity index (χ1v) is 5.14. The molecule has 4 heteroatoms. The van der Waals surface area contributed by atoms with Crippen LogP contribution in [0.15, 0.2) is 42.5 Å². The molecular formula is C14H9F3O. The lowest BCUT2D eigenvalue weighted by atomic mass is 9.92. The molecule has 0 amide bonds. The van der Waals surface area contributed by atoms with E-state index in [1.807, 2.05) is 0 Å². The lowest BCUT2D eigenvalue weighted by molar-refractivity contribution is -0.240. The maximum Gasteiger partial charge on any atom is 0.433 e. The molecule has 0 heterocycles. The van der Waals surface area contributed by atoms with Crippen LogP contribution in [0.3, 0.4) is 0 Å². The van der Waals surface area contributed by atoms with Gasteiger partial charge in [-0.3, -0.25) is 0 Å². The number of hydrogen-bond donors (Lipinski definition) is 1. The lowest BCUT2D eigenvalue weighted by Crippen LogP contribution is -2.40. The smallest absolute Gasteiger partial charge is 0.366 e. The Labute approximate surface area is 102 Å². The number of benzene rings is 2. The highest BCUT2D eigenvalue weighted by atomic mass is 19.4. The maximum absolute atomic E-state index is 12.8. The van der Waals surface area contributed by atoms with Crippen molar-refractivity contribution in [3.05, 3.63) is 48.0 Å². The van der Waals surface area contributed by atoms with Gasteiger partial charge in [-0.1, -0.05) is 42.3 Å². The molecule has 2 rings (SSSR count). The van der Waals surface area contributed by atoms with Crippen LogP contribution in [0.1, 0.15) is 5.56 Å². The Hall–Kier alpha value is -1.99. The van der Waals surface area contributed by atoms with Crippen molar-refractivity contribution in [2.75, 3.05) is 0 Å². The number of alkyl halides is 3. The number of rotatable bonds is 1. The molecule has 0 saturated carbocycles. The molecule has 0 aliphatic heterocycles. The fourth-order valence-electron chi connectivity index (χ4n) is 1.74. The van der Waals surface area contributed by atoms with E-state index in [1.54, 1.807) is 24.3 Å². The fourth-order valence-corrected chi connectivity index (χ4v) is 1.74. The average Bonchev–Trinajstić information content (AvgIpc) is 2.35. The van der Waals surface area contributed by atoms with Crippen molar-refractivity contribution >= 4 is 10.8 Å². The summed E-state index contributed by atoms with van der Waals surface area (Å²) in [5.41, 5.74) is -3.60. The van der Waals surface area contributed by atoms with Gasteiger partial charge >= 0.3 is 6.18 Å². The van der Waals surface area contributed by atoms with Gasteiger partial charge in [0, 0.05) is 5.56 Å². The van der Waals surface area contributed by atoms with Crippen LogP contribution in [0.5, 0.6) is 0 Å². The van der Waals surface area contributed by atoms with Gasteiger partial charge in [-0.15, -0.1) is 6.42 Å². The molecule has 0 aromatic heterocycles. The highest BCUT2D eigenvalue weighted by Gasteiger charge is 2.54. The van der Waals surface area contributed by atoms with Crippen molar-refractivity contribution in [3.63, 3.8) is 0 Å². The summed E-state index contributed by atoms with van der Waals surface area (Å²) in [5.74, 6) is 1.43. The van der Waals surface area contributed by atoms with E-state index in [2.05, 4.69) is 0 Å². The Bertz CT molecular complexity index is 625. The van der Waals surface area contributed by atoms with Crippen LogP contribution >= 0.6 is 0 Å². The number of aliphatic hydroxyl groups is 1. The molecular weight excluding hydrogens is 241 g/mol. The molecule has 0 fully saturated rings. The molecule has 2 aromatic carbocycles. The minimum Gasteiger partial charge on any atom is -0.366 e. The second kappa shape index (κ2) is 4.04. The van der Waals surface area contributed by atoms with E-state index in [0.29, 0.717) is 5.39 Å². The second-order valence-electron chi connectivity index (χ2n) is 3.91. The van der Waals surface area contributed by atoms with Crippen LogP contribution in [-0.4, -0.2) is 11.3 Å². The van der Waals surface area contributed by atoms with Crippen LogP contribution in [0.4, 0.5) is 13.2 Å². The van der Waals surface area contributed by atoms with E-state index < -0.39 is 11.8 Å². The van der Waals surface area contributed by atoms with Crippen LogP contribution in [0.2, 0.25) is 0 Å². The van der Waals surface area contributed by atoms with Crippen molar-refractivity contribution in [3.8, 4) is 12.3 Å². The van der Waals surface area contributed by atoms with Crippen LogP contribution < -0.4 is 0 Å². The normalized spacial score (nSPS) is 15.1. The second-order valence-corrected chi connectivity index (χ2v) is 3.91. The molecule has 18 heavy (non-hydrogen) atoms. The zero-order chi connectivity index (χ0) is 13.4. The van der Waals surface area contributed by atoms with Gasteiger partial charge in [0.05, 0.1) is 0 Å². The molecule has 1 atom stereocenters. The van der Waals surface area contributed by atoms with Gasteiger partial charge in [0.1, 0.15) is 0 Å². The third-order valence-electron chi connectivity index (χ3n) is 2.79. The first-order chi connectivity index (χ1) is 8.38. The van der Waals surface area contributed by atoms with E-state index >= 15 is 0 Å². The number of halogens is 3. The van der Waals surface area contributed by atoms with E-state index in [4.69, 9.17) is 6.42 Å². The van der Waals surface area contributed by atoms with Crippen molar-refractivity contribution in [1.29, 1.82) is 0 Å². The monoisotopic (exact) mass is 250 g/mol. The Morgan fingerprint density at radius 1 is 1.00 bits per heavy atom. The molecule has 1 N–H and O–H groups in total. The molecule has 0 radical (unpaired) electrons. The predicted octanol–water partition coefficient (Wildman–Crippen LogP) is 3.22. The van der Waals surface area contributed by atoms with Crippen molar-refractivity contribution in [1.82, 2.24) is 0 Å². The Morgan fingerprint density at radius 2 is 1.61 bits per heavy atom. The minimum absolute atomic E-state index is 0.351. The van der Waals surface area contributed by atoms with E-state index in [9.17, 15) is 18.3 Å². The average molecular weight is 250 g/mol. The summed E-state index contributed by atoms with van der Waals surface area (Å²) in [6, 6.07) is 10.8. The molecule has 0 unspecified atom stereocenters. The van der Waals surface area contributed by atoms with Gasteiger partial charge in [-0.2, -0.15) is 13.2 Å². The fraction of sp³-hybridized carbons (Fsp3) is 0.143. The van der Waals surface area contributed by atoms with E-state index in [1.165, 1.54) is 24.1 Å². The van der Waals surface area contributed by atoms with Gasteiger partial charge < -0.3 is 5.11 Å². The van der Waals surface area contributed by atoms with Crippen LogP contribution in [0, 0.1) is 12.3 Å². The summed E-state index contributed by atoms with van der Waals surface area (Å²) in [5, 5.41) is 11.0. The Balaban J connectivity index is 2.64. The van der Waals surface area contributed by atoms with Crippen molar-refractivity contribution in [2.45, 2.75) is 11.8 Å². The summed E-state index contributed by atoms with van der Waals surface area (Å²) >= 11 is 0. The van der Waals surface area contributed by atoms with Gasteiger partial charge in [0.25, 0.3) is 0 Å². The topological polar surface area (TPSA) is 20.2 Å². The molecule has 0 aliphatic carbocycles. The van der Waals surface area contributed by atoms with Gasteiger partial charge in [-0.25, -0.2) is 0 Å². The minimum atomic E-state index is -4.91. The zero-order valence-corrected chi connectivity index (χ0v) is 9.20. The summed E-state index contributed by atoms with van der Waals surface area (Å²) in [6.45, 7) is 0. The molecule has 0 bridgehead atoms. The Kier molecular flexibility index (Phi) is 2.80. The summed E-state index contributed by atoms with van der Waals surface area (Å²) in [6.07, 6.45) is -0.0632. The molecule has 2 aromatic rings. The number of fused-ring (bicyclic) bond motifs is 1.